The number of carbonyl (C=O) groups is 1. The van der Waals surface area contributed by atoms with Gasteiger partial charge in [0.15, 0.2) is 0 Å². The number of carbonyl (C=O) groups excluding carboxylic acids is 1. The van der Waals surface area contributed by atoms with Crippen LogP contribution in [0.25, 0.3) is 11.0 Å². The maximum Gasteiger partial charge on any atom is 0.270 e. The van der Waals surface area contributed by atoms with E-state index in [1.165, 1.54) is 0 Å². The molecule has 4 nitrogen and oxygen atoms in total. The average Bonchev–Trinajstić information content (AvgIpc) is 2.92. The van der Waals surface area contributed by atoms with E-state index in [0.29, 0.717) is 5.69 Å². The molecule has 4 heteroatoms. The normalized spacial score (nSPS) is 12.2. The van der Waals surface area contributed by atoms with Crippen molar-refractivity contribution in [3.63, 3.8) is 0 Å². The quantitative estimate of drug-likeness (QED) is 0.791. The van der Waals surface area contributed by atoms with Crippen molar-refractivity contribution >= 4 is 16.9 Å². The molecule has 1 amide bonds. The van der Waals surface area contributed by atoms with Crippen LogP contribution in [0.5, 0.6) is 0 Å². The van der Waals surface area contributed by atoms with Crippen LogP contribution in [-0.4, -0.2) is 10.9 Å². The highest BCUT2D eigenvalue weighted by Gasteiger charge is 2.15. The molecule has 0 bridgehead atoms. The summed E-state index contributed by atoms with van der Waals surface area (Å²) in [5, 5.41) is 3.91. The van der Waals surface area contributed by atoms with E-state index in [9.17, 15) is 4.79 Å². The fourth-order valence-corrected chi connectivity index (χ4v) is 2.05. The van der Waals surface area contributed by atoms with Gasteiger partial charge < -0.3 is 9.73 Å². The van der Waals surface area contributed by atoms with E-state index in [4.69, 9.17) is 4.42 Å². The van der Waals surface area contributed by atoms with Gasteiger partial charge in [-0.15, -0.1) is 0 Å². The van der Waals surface area contributed by atoms with Crippen molar-refractivity contribution in [1.29, 1.82) is 0 Å². The summed E-state index contributed by atoms with van der Waals surface area (Å²) in [7, 11) is 0. The fourth-order valence-electron chi connectivity index (χ4n) is 2.05. The van der Waals surface area contributed by atoms with Gasteiger partial charge in [0, 0.05) is 11.6 Å². The van der Waals surface area contributed by atoms with Gasteiger partial charge in [0.05, 0.1) is 6.04 Å². The number of furan rings is 1. The Morgan fingerprint density at radius 2 is 2.00 bits per heavy atom. The number of para-hydroxylation sites is 1. The van der Waals surface area contributed by atoms with Gasteiger partial charge in [-0.3, -0.25) is 9.78 Å². The summed E-state index contributed by atoms with van der Waals surface area (Å²) in [5.41, 5.74) is 1.22. The number of hydrogen-bond acceptors (Lipinski definition) is 3. The molecule has 0 unspecified atom stereocenters. The van der Waals surface area contributed by atoms with Gasteiger partial charge >= 0.3 is 0 Å². The molecule has 0 saturated carbocycles. The Labute approximate surface area is 116 Å². The first-order chi connectivity index (χ1) is 9.74. The average molecular weight is 266 g/mol. The molecule has 1 N–H and O–H groups in total. The zero-order valence-electron chi connectivity index (χ0n) is 11.0. The lowest BCUT2D eigenvalue weighted by atomic mass is 10.2. The van der Waals surface area contributed by atoms with Crippen LogP contribution in [0.1, 0.15) is 29.2 Å². The van der Waals surface area contributed by atoms with Crippen LogP contribution in [0, 0.1) is 0 Å². The van der Waals surface area contributed by atoms with Crippen molar-refractivity contribution < 1.29 is 9.21 Å². The lowest BCUT2D eigenvalue weighted by Crippen LogP contribution is -2.27. The second kappa shape index (κ2) is 5.17. The lowest BCUT2D eigenvalue weighted by molar-refractivity contribution is 0.0930. The number of rotatable bonds is 3. The molecule has 1 aromatic carbocycles. The predicted octanol–water partition coefficient (Wildman–Crippen LogP) is 3.32. The first-order valence-corrected chi connectivity index (χ1v) is 6.44. The van der Waals surface area contributed by atoms with Crippen molar-refractivity contribution in [1.82, 2.24) is 10.3 Å². The molecule has 0 saturated heterocycles. The Morgan fingerprint density at radius 3 is 2.75 bits per heavy atom. The fraction of sp³-hybridized carbons (Fsp3) is 0.125. The molecule has 3 aromatic rings. The number of aromatic nitrogens is 1. The third-order valence-electron chi connectivity index (χ3n) is 3.12. The highest BCUT2D eigenvalue weighted by atomic mass is 16.3. The molecular formula is C16H14N2O2. The standard InChI is InChI=1S/C16H14N2O2/c1-11(18-16(19)13-7-4-5-9-17-13)15-10-12-6-2-3-8-14(12)20-15/h2-11H,1H3,(H,18,19)/t11-/m1/s1. The zero-order chi connectivity index (χ0) is 13.9. The maximum atomic E-state index is 12.0. The molecule has 0 radical (unpaired) electrons. The number of nitrogens with zero attached hydrogens (tertiary/aromatic N) is 1. The van der Waals surface area contributed by atoms with E-state index in [0.717, 1.165) is 16.7 Å². The number of hydrogen-bond donors (Lipinski definition) is 1. The van der Waals surface area contributed by atoms with E-state index in [-0.39, 0.29) is 11.9 Å². The molecule has 3 rings (SSSR count). The molecule has 1 atom stereocenters. The van der Waals surface area contributed by atoms with Gasteiger partial charge in [0.1, 0.15) is 17.0 Å². The van der Waals surface area contributed by atoms with Crippen LogP contribution in [0.4, 0.5) is 0 Å². The first kappa shape index (κ1) is 12.4. The molecule has 20 heavy (non-hydrogen) atoms. The minimum absolute atomic E-state index is 0.210. The summed E-state index contributed by atoms with van der Waals surface area (Å²) in [6.45, 7) is 1.89. The van der Waals surface area contributed by atoms with Crippen LogP contribution in [0.2, 0.25) is 0 Å². The highest BCUT2D eigenvalue weighted by Crippen LogP contribution is 2.23. The van der Waals surface area contributed by atoms with Crippen molar-refractivity contribution in [2.24, 2.45) is 0 Å². The predicted molar refractivity (Wildman–Crippen MR) is 76.3 cm³/mol. The van der Waals surface area contributed by atoms with Crippen molar-refractivity contribution in [3.8, 4) is 0 Å². The minimum Gasteiger partial charge on any atom is -0.459 e. The van der Waals surface area contributed by atoms with Crippen LogP contribution < -0.4 is 5.32 Å². The Balaban J connectivity index is 1.79. The van der Waals surface area contributed by atoms with Crippen molar-refractivity contribution in [2.75, 3.05) is 0 Å². The summed E-state index contributed by atoms with van der Waals surface area (Å²) in [5.74, 6) is 0.522. The molecule has 2 heterocycles. The van der Waals surface area contributed by atoms with Gasteiger partial charge in [0.2, 0.25) is 0 Å². The van der Waals surface area contributed by atoms with Gasteiger partial charge in [-0.1, -0.05) is 24.3 Å². The van der Waals surface area contributed by atoms with Crippen LogP contribution in [0.3, 0.4) is 0 Å². The number of nitrogens with one attached hydrogen (secondary N) is 1. The lowest BCUT2D eigenvalue weighted by Gasteiger charge is -2.10. The minimum atomic E-state index is -0.211. The molecular weight excluding hydrogens is 252 g/mol. The first-order valence-electron chi connectivity index (χ1n) is 6.44. The Kier molecular flexibility index (Phi) is 3.21. The smallest absolute Gasteiger partial charge is 0.270 e. The van der Waals surface area contributed by atoms with Gasteiger partial charge in [-0.05, 0) is 31.2 Å². The molecule has 100 valence electrons. The number of benzene rings is 1. The van der Waals surface area contributed by atoms with Gasteiger partial charge in [-0.25, -0.2) is 0 Å². The molecule has 0 spiro atoms. The number of amides is 1. The number of fused-ring (bicyclic) bond motifs is 1. The molecule has 2 aromatic heterocycles. The van der Waals surface area contributed by atoms with E-state index in [2.05, 4.69) is 10.3 Å². The van der Waals surface area contributed by atoms with E-state index in [1.807, 2.05) is 37.3 Å². The zero-order valence-corrected chi connectivity index (χ0v) is 11.0. The Morgan fingerprint density at radius 1 is 1.20 bits per heavy atom. The largest absolute Gasteiger partial charge is 0.459 e. The molecule has 0 fully saturated rings. The molecule has 0 aliphatic heterocycles. The third-order valence-corrected chi connectivity index (χ3v) is 3.12. The summed E-state index contributed by atoms with van der Waals surface area (Å²) >= 11 is 0. The van der Waals surface area contributed by atoms with E-state index >= 15 is 0 Å². The van der Waals surface area contributed by atoms with E-state index in [1.54, 1.807) is 24.4 Å². The van der Waals surface area contributed by atoms with Crippen LogP contribution in [0.15, 0.2) is 59.1 Å². The Bertz CT molecular complexity index is 701. The summed E-state index contributed by atoms with van der Waals surface area (Å²) < 4.78 is 5.73. The van der Waals surface area contributed by atoms with Crippen molar-refractivity contribution in [3.05, 3.63) is 66.2 Å². The number of pyridine rings is 1. The summed E-state index contributed by atoms with van der Waals surface area (Å²) in [4.78, 5) is 16.1. The Hall–Kier alpha value is -2.62. The van der Waals surface area contributed by atoms with Gasteiger partial charge in [0.25, 0.3) is 5.91 Å². The van der Waals surface area contributed by atoms with E-state index < -0.39 is 0 Å². The molecule has 0 aliphatic carbocycles. The van der Waals surface area contributed by atoms with Crippen molar-refractivity contribution in [2.45, 2.75) is 13.0 Å². The second-order valence-corrected chi connectivity index (χ2v) is 4.60. The monoisotopic (exact) mass is 266 g/mol. The second-order valence-electron chi connectivity index (χ2n) is 4.60. The summed E-state index contributed by atoms with van der Waals surface area (Å²) in [6.07, 6.45) is 1.60. The maximum absolute atomic E-state index is 12.0. The van der Waals surface area contributed by atoms with Crippen LogP contribution in [-0.2, 0) is 0 Å². The van der Waals surface area contributed by atoms with Gasteiger partial charge in [-0.2, -0.15) is 0 Å². The topological polar surface area (TPSA) is 55.1 Å². The van der Waals surface area contributed by atoms with Crippen LogP contribution >= 0.6 is 0 Å². The highest BCUT2D eigenvalue weighted by molar-refractivity contribution is 5.92. The SMILES string of the molecule is C[C@@H](NC(=O)c1ccccn1)c1cc2ccccc2o1. The third kappa shape index (κ3) is 2.40. The molecule has 0 aliphatic rings. The summed E-state index contributed by atoms with van der Waals surface area (Å²) in [6, 6.07) is 14.7.